The molecule has 144 valence electrons. The maximum absolute atomic E-state index is 11.7. The highest BCUT2D eigenvalue weighted by Crippen LogP contribution is 2.21. The van der Waals surface area contributed by atoms with Gasteiger partial charge in [-0.3, -0.25) is 9.59 Å². The van der Waals surface area contributed by atoms with Crippen molar-refractivity contribution in [2.75, 3.05) is 26.8 Å². The maximum Gasteiger partial charge on any atom is 0.300 e. The quantitative estimate of drug-likeness (QED) is 0.743. The summed E-state index contributed by atoms with van der Waals surface area (Å²) in [6.45, 7) is 7.93. The lowest BCUT2D eigenvalue weighted by atomic mass is 10.1. The van der Waals surface area contributed by atoms with E-state index in [1.165, 1.54) is 6.33 Å². The number of ether oxygens (including phenoxy) is 2. The lowest BCUT2D eigenvalue weighted by Gasteiger charge is -2.36. The third kappa shape index (κ3) is 5.65. The summed E-state index contributed by atoms with van der Waals surface area (Å²) >= 11 is 0. The molecule has 3 rings (SSSR count). The molecule has 0 saturated carbocycles. The molecule has 2 aromatic rings. The Bertz CT molecular complexity index is 784. The normalized spacial score (nSPS) is 17.1. The number of carboxylic acids is 1. The fraction of sp³-hybridized carbons (Fsp3) is 0.588. The summed E-state index contributed by atoms with van der Waals surface area (Å²) in [6.07, 6.45) is 3.29. The number of hydrogen-bond donors (Lipinski definition) is 3. The van der Waals surface area contributed by atoms with Crippen molar-refractivity contribution >= 4 is 17.0 Å². The molecule has 1 aliphatic rings. The average Bonchev–Trinajstić information content (AvgIpc) is 2.93. The molecule has 0 bridgehead atoms. The Kier molecular flexibility index (Phi) is 6.52. The van der Waals surface area contributed by atoms with Crippen LogP contribution in [0.1, 0.15) is 26.3 Å². The van der Waals surface area contributed by atoms with Gasteiger partial charge in [-0.25, -0.2) is 4.98 Å². The zero-order chi connectivity index (χ0) is 19.3. The molecule has 2 aromatic heterocycles. The molecular weight excluding hydrogens is 340 g/mol. The van der Waals surface area contributed by atoms with E-state index in [-0.39, 0.29) is 5.56 Å². The number of carboxylic acid groups (broad SMARTS) is 1. The van der Waals surface area contributed by atoms with E-state index in [1.54, 1.807) is 0 Å². The molecule has 0 radical (unpaired) electrons. The molecule has 0 aliphatic carbocycles. The first-order valence-electron chi connectivity index (χ1n) is 8.37. The van der Waals surface area contributed by atoms with Gasteiger partial charge in [0.1, 0.15) is 5.52 Å². The Morgan fingerprint density at radius 2 is 2.00 bits per heavy atom. The van der Waals surface area contributed by atoms with Crippen LogP contribution in [0.2, 0.25) is 0 Å². The third-order valence-corrected chi connectivity index (χ3v) is 3.89. The van der Waals surface area contributed by atoms with Crippen molar-refractivity contribution in [2.45, 2.75) is 33.1 Å². The molecule has 0 spiro atoms. The van der Waals surface area contributed by atoms with Gasteiger partial charge in [-0.2, -0.15) is 0 Å². The zero-order valence-corrected chi connectivity index (χ0v) is 15.5. The van der Waals surface area contributed by atoms with Crippen molar-refractivity contribution in [1.82, 2.24) is 19.9 Å². The Hall–Kier alpha value is -2.23. The monoisotopic (exact) mass is 366 g/mol. The topological polar surface area (TPSA) is 121 Å². The van der Waals surface area contributed by atoms with E-state index < -0.39 is 11.8 Å². The molecule has 0 atom stereocenters. The van der Waals surface area contributed by atoms with Gasteiger partial charge in [0.15, 0.2) is 5.79 Å². The molecule has 9 nitrogen and oxygen atoms in total. The van der Waals surface area contributed by atoms with Crippen molar-refractivity contribution in [1.29, 1.82) is 0 Å². The fourth-order valence-electron chi connectivity index (χ4n) is 2.75. The SMILES string of the molecule is CC(=O)O.CN(Cc1c[nH]c2c(=O)[nH]cnc12)CC1COC(C)(C)OC1. The second-order valence-electron chi connectivity index (χ2n) is 6.87. The van der Waals surface area contributed by atoms with E-state index >= 15 is 0 Å². The summed E-state index contributed by atoms with van der Waals surface area (Å²) in [5, 5.41) is 7.42. The number of aromatic amines is 2. The van der Waals surface area contributed by atoms with E-state index in [2.05, 4.69) is 19.9 Å². The second kappa shape index (κ2) is 8.43. The van der Waals surface area contributed by atoms with Crippen LogP contribution in [0.25, 0.3) is 11.0 Å². The van der Waals surface area contributed by atoms with E-state index in [0.29, 0.717) is 24.6 Å². The van der Waals surface area contributed by atoms with Crippen LogP contribution in [-0.4, -0.2) is 63.5 Å². The highest BCUT2D eigenvalue weighted by molar-refractivity contribution is 5.77. The summed E-state index contributed by atoms with van der Waals surface area (Å²) in [7, 11) is 2.05. The number of nitrogens with zero attached hydrogens (tertiary/aromatic N) is 2. The second-order valence-corrected chi connectivity index (χ2v) is 6.87. The minimum Gasteiger partial charge on any atom is -0.481 e. The van der Waals surface area contributed by atoms with Crippen LogP contribution in [0, 0.1) is 5.92 Å². The molecule has 3 heterocycles. The van der Waals surface area contributed by atoms with Gasteiger partial charge in [0, 0.05) is 37.7 Å². The predicted molar refractivity (Wildman–Crippen MR) is 95.8 cm³/mol. The first-order valence-corrected chi connectivity index (χ1v) is 8.37. The molecule has 26 heavy (non-hydrogen) atoms. The van der Waals surface area contributed by atoms with Gasteiger partial charge in [-0.05, 0) is 20.9 Å². The molecule has 0 unspecified atom stereocenters. The van der Waals surface area contributed by atoms with Crippen LogP contribution in [0.15, 0.2) is 17.3 Å². The Morgan fingerprint density at radius 3 is 2.62 bits per heavy atom. The molecular formula is C17H26N4O5. The summed E-state index contributed by atoms with van der Waals surface area (Å²) < 4.78 is 11.4. The number of fused-ring (bicyclic) bond motifs is 1. The summed E-state index contributed by atoms with van der Waals surface area (Å²) in [4.78, 5) is 32.7. The van der Waals surface area contributed by atoms with Crippen molar-refractivity contribution in [3.05, 3.63) is 28.4 Å². The van der Waals surface area contributed by atoms with Crippen molar-refractivity contribution in [2.24, 2.45) is 5.92 Å². The minimum absolute atomic E-state index is 0.143. The molecule has 0 aromatic carbocycles. The number of aliphatic carboxylic acids is 1. The van der Waals surface area contributed by atoms with Crippen molar-refractivity contribution in [3.8, 4) is 0 Å². The first kappa shape index (κ1) is 20.1. The molecule has 1 aliphatic heterocycles. The van der Waals surface area contributed by atoms with Crippen LogP contribution >= 0.6 is 0 Å². The maximum atomic E-state index is 11.7. The van der Waals surface area contributed by atoms with Gasteiger partial charge in [-0.1, -0.05) is 0 Å². The van der Waals surface area contributed by atoms with Crippen LogP contribution < -0.4 is 5.56 Å². The first-order chi connectivity index (χ1) is 12.2. The van der Waals surface area contributed by atoms with Crippen LogP contribution in [0.4, 0.5) is 0 Å². The average molecular weight is 366 g/mol. The van der Waals surface area contributed by atoms with E-state index in [1.807, 2.05) is 27.1 Å². The van der Waals surface area contributed by atoms with Gasteiger partial charge in [-0.15, -0.1) is 0 Å². The van der Waals surface area contributed by atoms with Crippen LogP contribution in [0.5, 0.6) is 0 Å². The van der Waals surface area contributed by atoms with Crippen LogP contribution in [-0.2, 0) is 20.8 Å². The number of H-pyrrole nitrogens is 2. The molecule has 9 heteroatoms. The standard InChI is InChI=1S/C15H22N4O3.C2H4O2/c1-15(2)21-7-10(8-22-15)5-19(3)6-11-4-16-13-12(11)17-9-18-14(13)20;1-2(3)4/h4,9-10,16H,5-8H2,1-3H3,(H,17,18,20);1H3,(H,3,4). The summed E-state index contributed by atoms with van der Waals surface area (Å²) in [5.74, 6) is -0.962. The predicted octanol–water partition coefficient (Wildman–Crippen LogP) is 1.17. The van der Waals surface area contributed by atoms with E-state index in [4.69, 9.17) is 19.4 Å². The van der Waals surface area contributed by atoms with Gasteiger partial charge in [0.25, 0.3) is 11.5 Å². The minimum atomic E-state index is -0.833. The summed E-state index contributed by atoms with van der Waals surface area (Å²) in [5.41, 5.74) is 2.13. The van der Waals surface area contributed by atoms with E-state index in [9.17, 15) is 4.79 Å². The Morgan fingerprint density at radius 1 is 1.38 bits per heavy atom. The zero-order valence-electron chi connectivity index (χ0n) is 15.5. The number of carbonyl (C=O) groups is 1. The third-order valence-electron chi connectivity index (χ3n) is 3.89. The number of rotatable bonds is 4. The van der Waals surface area contributed by atoms with Gasteiger partial charge in [0.05, 0.1) is 25.1 Å². The molecule has 3 N–H and O–H groups in total. The molecule has 1 fully saturated rings. The highest BCUT2D eigenvalue weighted by Gasteiger charge is 2.28. The molecule has 1 saturated heterocycles. The van der Waals surface area contributed by atoms with Gasteiger partial charge in [0.2, 0.25) is 0 Å². The lowest BCUT2D eigenvalue weighted by molar-refractivity contribution is -0.263. The highest BCUT2D eigenvalue weighted by atomic mass is 16.7. The largest absolute Gasteiger partial charge is 0.481 e. The van der Waals surface area contributed by atoms with Crippen LogP contribution in [0.3, 0.4) is 0 Å². The van der Waals surface area contributed by atoms with Gasteiger partial charge >= 0.3 is 0 Å². The number of nitrogens with one attached hydrogen (secondary N) is 2. The van der Waals surface area contributed by atoms with Gasteiger partial charge < -0.3 is 29.4 Å². The van der Waals surface area contributed by atoms with Crippen molar-refractivity contribution < 1.29 is 19.4 Å². The van der Waals surface area contributed by atoms with Crippen molar-refractivity contribution in [3.63, 3.8) is 0 Å². The Labute approximate surface area is 151 Å². The number of aromatic nitrogens is 3. The van der Waals surface area contributed by atoms with E-state index in [0.717, 1.165) is 31.1 Å². The number of hydrogen-bond acceptors (Lipinski definition) is 6. The Balaban J connectivity index is 0.000000552. The lowest BCUT2D eigenvalue weighted by Crippen LogP contribution is -2.42. The smallest absolute Gasteiger partial charge is 0.300 e. The molecule has 0 amide bonds. The fourth-order valence-corrected chi connectivity index (χ4v) is 2.75. The summed E-state index contributed by atoms with van der Waals surface area (Å²) in [6, 6.07) is 0.